The fourth-order valence-electron chi connectivity index (χ4n) is 3.70. The van der Waals surface area contributed by atoms with E-state index in [0.717, 1.165) is 54.1 Å². The molecule has 174 valence electrons. The van der Waals surface area contributed by atoms with Crippen molar-refractivity contribution in [3.8, 4) is 22.4 Å². The third-order valence-electron chi connectivity index (χ3n) is 5.69. The number of aliphatic imine (C=N–C) groups is 1. The van der Waals surface area contributed by atoms with E-state index in [1.54, 1.807) is 36.7 Å². The van der Waals surface area contributed by atoms with Crippen LogP contribution < -0.4 is 0 Å². The number of rotatable bonds is 9. The fourth-order valence-corrected chi connectivity index (χ4v) is 3.70. The van der Waals surface area contributed by atoms with Gasteiger partial charge in [0, 0.05) is 36.3 Å². The zero-order valence-electron chi connectivity index (χ0n) is 19.3. The van der Waals surface area contributed by atoms with Crippen LogP contribution in [0.15, 0.2) is 78.0 Å². The lowest BCUT2D eigenvalue weighted by atomic mass is 10.0. The SMILES string of the molecule is CCN(CC)CCn1cc(-c2ccnc(N=Cc3ccc(F)cc3)c2)c(-c2ccc(F)cc2)n1. The molecule has 0 fully saturated rings. The summed E-state index contributed by atoms with van der Waals surface area (Å²) in [4.78, 5) is 11.1. The first kappa shape index (κ1) is 23.4. The highest BCUT2D eigenvalue weighted by atomic mass is 19.1. The maximum absolute atomic E-state index is 13.5. The number of pyridine rings is 1. The Morgan fingerprint density at radius 2 is 1.59 bits per heavy atom. The average molecular weight is 460 g/mol. The third kappa shape index (κ3) is 5.80. The van der Waals surface area contributed by atoms with E-state index in [2.05, 4.69) is 28.7 Å². The molecule has 0 atom stereocenters. The highest BCUT2D eigenvalue weighted by Crippen LogP contribution is 2.32. The van der Waals surface area contributed by atoms with Crippen LogP contribution in [0, 0.1) is 11.6 Å². The number of aromatic nitrogens is 3. The topological polar surface area (TPSA) is 46.3 Å². The minimum atomic E-state index is -0.288. The predicted octanol–water partition coefficient (Wildman–Crippen LogP) is 5.98. The Kier molecular flexibility index (Phi) is 7.54. The monoisotopic (exact) mass is 459 g/mol. The summed E-state index contributed by atoms with van der Waals surface area (Å²) in [6, 6.07) is 16.3. The molecule has 4 aromatic rings. The summed E-state index contributed by atoms with van der Waals surface area (Å²) in [5, 5.41) is 4.83. The van der Waals surface area contributed by atoms with Gasteiger partial charge in [0.05, 0.1) is 6.54 Å². The van der Waals surface area contributed by atoms with Crippen LogP contribution in [0.25, 0.3) is 22.4 Å². The van der Waals surface area contributed by atoms with Crippen molar-refractivity contribution in [1.82, 2.24) is 19.7 Å². The van der Waals surface area contributed by atoms with Crippen LogP contribution in [0.4, 0.5) is 14.6 Å². The van der Waals surface area contributed by atoms with Gasteiger partial charge in [0.1, 0.15) is 17.3 Å². The number of hydrogen-bond donors (Lipinski definition) is 0. The van der Waals surface area contributed by atoms with E-state index in [1.165, 1.54) is 24.3 Å². The molecular formula is C27H27F2N5. The van der Waals surface area contributed by atoms with Crippen molar-refractivity contribution in [1.29, 1.82) is 0 Å². The molecule has 0 bridgehead atoms. The predicted molar refractivity (Wildman–Crippen MR) is 132 cm³/mol. The molecule has 0 saturated carbocycles. The molecule has 4 rings (SSSR count). The van der Waals surface area contributed by atoms with Crippen molar-refractivity contribution in [3.05, 3.63) is 90.3 Å². The van der Waals surface area contributed by atoms with Crippen molar-refractivity contribution in [3.63, 3.8) is 0 Å². The normalized spacial score (nSPS) is 11.6. The van der Waals surface area contributed by atoms with Gasteiger partial charge in [-0.2, -0.15) is 5.10 Å². The van der Waals surface area contributed by atoms with Crippen LogP contribution >= 0.6 is 0 Å². The Hall–Kier alpha value is -3.71. The number of benzene rings is 2. The minimum Gasteiger partial charge on any atom is -0.302 e. The van der Waals surface area contributed by atoms with Gasteiger partial charge in [-0.15, -0.1) is 0 Å². The van der Waals surface area contributed by atoms with Gasteiger partial charge in [-0.3, -0.25) is 4.68 Å². The van der Waals surface area contributed by atoms with Gasteiger partial charge >= 0.3 is 0 Å². The average Bonchev–Trinajstić information content (AvgIpc) is 3.29. The van der Waals surface area contributed by atoms with Crippen LogP contribution in [0.3, 0.4) is 0 Å². The molecule has 5 nitrogen and oxygen atoms in total. The Morgan fingerprint density at radius 1 is 0.912 bits per heavy atom. The second-order valence-electron chi connectivity index (χ2n) is 7.90. The van der Waals surface area contributed by atoms with Crippen LogP contribution in [-0.4, -0.2) is 45.5 Å². The Balaban J connectivity index is 1.67. The first-order valence-electron chi connectivity index (χ1n) is 11.4. The second kappa shape index (κ2) is 10.9. The number of halogens is 2. The van der Waals surface area contributed by atoms with Gasteiger partial charge in [0.2, 0.25) is 0 Å². The van der Waals surface area contributed by atoms with Gasteiger partial charge in [0.15, 0.2) is 5.82 Å². The third-order valence-corrected chi connectivity index (χ3v) is 5.69. The van der Waals surface area contributed by atoms with Crippen LogP contribution in [0.1, 0.15) is 19.4 Å². The minimum absolute atomic E-state index is 0.285. The molecule has 7 heteroatoms. The van der Waals surface area contributed by atoms with Crippen molar-refractivity contribution < 1.29 is 8.78 Å². The van der Waals surface area contributed by atoms with E-state index < -0.39 is 0 Å². The van der Waals surface area contributed by atoms with Crippen molar-refractivity contribution in [2.75, 3.05) is 19.6 Å². The Bertz CT molecular complexity index is 1240. The smallest absolute Gasteiger partial charge is 0.152 e. The van der Waals surface area contributed by atoms with E-state index in [-0.39, 0.29) is 11.6 Å². The van der Waals surface area contributed by atoms with Gasteiger partial charge < -0.3 is 4.90 Å². The van der Waals surface area contributed by atoms with Crippen molar-refractivity contribution in [2.45, 2.75) is 20.4 Å². The lowest BCUT2D eigenvalue weighted by molar-refractivity contribution is 0.285. The summed E-state index contributed by atoms with van der Waals surface area (Å²) in [7, 11) is 0. The van der Waals surface area contributed by atoms with E-state index in [1.807, 2.05) is 23.0 Å². The Morgan fingerprint density at radius 3 is 2.26 bits per heavy atom. The first-order valence-corrected chi connectivity index (χ1v) is 11.4. The molecule has 0 saturated heterocycles. The summed E-state index contributed by atoms with van der Waals surface area (Å²) in [5.74, 6) is -0.0426. The second-order valence-corrected chi connectivity index (χ2v) is 7.90. The van der Waals surface area contributed by atoms with E-state index >= 15 is 0 Å². The molecule has 0 N–H and O–H groups in total. The summed E-state index contributed by atoms with van der Waals surface area (Å²) in [6.45, 7) is 7.89. The van der Waals surface area contributed by atoms with Gasteiger partial charge in [-0.1, -0.05) is 26.0 Å². The zero-order chi connectivity index (χ0) is 23.9. The van der Waals surface area contributed by atoms with E-state index in [9.17, 15) is 8.78 Å². The van der Waals surface area contributed by atoms with E-state index in [4.69, 9.17) is 5.10 Å². The maximum atomic E-state index is 13.5. The number of nitrogens with zero attached hydrogens (tertiary/aromatic N) is 5. The van der Waals surface area contributed by atoms with Crippen LogP contribution in [0.2, 0.25) is 0 Å². The molecule has 0 unspecified atom stereocenters. The summed E-state index contributed by atoms with van der Waals surface area (Å²) in [5.41, 5.74) is 4.23. The molecule has 0 radical (unpaired) electrons. The van der Waals surface area contributed by atoms with E-state index in [0.29, 0.717) is 5.82 Å². The standard InChI is InChI=1S/C27H27F2N5/c1-3-33(4-2)15-16-34-19-25(27(32-34)21-7-11-24(29)12-8-21)22-13-14-30-26(17-22)31-18-20-5-9-23(28)10-6-20/h5-14,17-19H,3-4,15-16H2,1-2H3. The maximum Gasteiger partial charge on any atom is 0.152 e. The lowest BCUT2D eigenvalue weighted by Crippen LogP contribution is -2.27. The van der Waals surface area contributed by atoms with Gasteiger partial charge in [-0.25, -0.2) is 18.8 Å². The number of hydrogen-bond acceptors (Lipinski definition) is 4. The highest BCUT2D eigenvalue weighted by molar-refractivity contribution is 5.83. The Labute approximate surface area is 198 Å². The van der Waals surface area contributed by atoms with Crippen LogP contribution in [0.5, 0.6) is 0 Å². The molecule has 0 aliphatic heterocycles. The first-order chi connectivity index (χ1) is 16.6. The molecule has 0 aliphatic carbocycles. The molecule has 2 aromatic carbocycles. The summed E-state index contributed by atoms with van der Waals surface area (Å²) < 4.78 is 28.6. The van der Waals surface area contributed by atoms with Crippen molar-refractivity contribution in [2.24, 2.45) is 4.99 Å². The molecule has 0 aliphatic rings. The molecule has 2 aromatic heterocycles. The fraction of sp³-hybridized carbons (Fsp3) is 0.222. The molecule has 0 spiro atoms. The van der Waals surface area contributed by atoms with Crippen LogP contribution in [-0.2, 0) is 6.54 Å². The molecule has 34 heavy (non-hydrogen) atoms. The molecule has 2 heterocycles. The largest absolute Gasteiger partial charge is 0.302 e. The van der Waals surface area contributed by atoms with Crippen molar-refractivity contribution >= 4 is 12.0 Å². The molecular weight excluding hydrogens is 432 g/mol. The quantitative estimate of drug-likeness (QED) is 0.289. The van der Waals surface area contributed by atoms with Gasteiger partial charge in [0.25, 0.3) is 0 Å². The zero-order valence-corrected chi connectivity index (χ0v) is 19.3. The summed E-state index contributed by atoms with van der Waals surface area (Å²) in [6.07, 6.45) is 5.37. The highest BCUT2D eigenvalue weighted by Gasteiger charge is 2.15. The molecule has 0 amide bonds. The number of likely N-dealkylation sites (N-methyl/N-ethyl adjacent to an activating group) is 1. The lowest BCUT2D eigenvalue weighted by Gasteiger charge is -2.17. The van der Waals surface area contributed by atoms with Gasteiger partial charge in [-0.05, 0) is 72.7 Å². The summed E-state index contributed by atoms with van der Waals surface area (Å²) >= 11 is 0.